The molecule has 0 aromatic heterocycles. The van der Waals surface area contributed by atoms with E-state index in [0.717, 1.165) is 0 Å². The van der Waals surface area contributed by atoms with E-state index in [0.29, 0.717) is 0 Å². The SMILES string of the molecule is CC(C)(C)C(C(=O)[O-])C(=O)[O-].[Li+].[Li+]. The summed E-state index contributed by atoms with van der Waals surface area (Å²) < 4.78 is 0. The van der Waals surface area contributed by atoms with Gasteiger partial charge >= 0.3 is 37.7 Å². The average molecular weight is 172 g/mol. The number of aliphatic carboxylic acids is 2. The van der Waals surface area contributed by atoms with Gasteiger partial charge in [0, 0.05) is 5.92 Å². The summed E-state index contributed by atoms with van der Waals surface area (Å²) in [4.78, 5) is 20.5. The van der Waals surface area contributed by atoms with Gasteiger partial charge in [0.25, 0.3) is 0 Å². The zero-order valence-corrected chi connectivity index (χ0v) is 8.71. The molecule has 0 aliphatic heterocycles. The predicted octanol–water partition coefficient (Wildman–Crippen LogP) is -7.84. The van der Waals surface area contributed by atoms with Gasteiger partial charge in [-0.1, -0.05) is 20.8 Å². The van der Waals surface area contributed by atoms with Crippen molar-refractivity contribution in [1.82, 2.24) is 0 Å². The van der Waals surface area contributed by atoms with Gasteiger partial charge in [0.1, 0.15) is 0 Å². The molecule has 0 N–H and O–H groups in total. The van der Waals surface area contributed by atoms with Crippen molar-refractivity contribution < 1.29 is 57.5 Å². The maximum absolute atomic E-state index is 10.3. The number of carbonyl (C=O) groups excluding carboxylic acids is 2. The Labute approximate surface area is 101 Å². The quantitative estimate of drug-likeness (QED) is 0.306. The van der Waals surface area contributed by atoms with Crippen LogP contribution < -0.4 is 47.9 Å². The third-order valence-corrected chi connectivity index (χ3v) is 1.34. The Balaban J connectivity index is -0.000000500. The van der Waals surface area contributed by atoms with E-state index in [2.05, 4.69) is 0 Å². The number of rotatable bonds is 2. The van der Waals surface area contributed by atoms with Crippen molar-refractivity contribution in [3.05, 3.63) is 0 Å². The van der Waals surface area contributed by atoms with E-state index < -0.39 is 23.3 Å². The Morgan fingerprint density at radius 1 is 1.00 bits per heavy atom. The zero-order chi connectivity index (χ0) is 9.23. The van der Waals surface area contributed by atoms with Crippen molar-refractivity contribution in [2.45, 2.75) is 20.8 Å². The molecule has 0 radical (unpaired) electrons. The van der Waals surface area contributed by atoms with Crippen molar-refractivity contribution in [1.29, 1.82) is 0 Å². The summed E-state index contributed by atoms with van der Waals surface area (Å²) in [6, 6.07) is 0. The molecule has 0 rings (SSSR count). The molecule has 0 saturated carbocycles. The van der Waals surface area contributed by atoms with Gasteiger partial charge in [-0.2, -0.15) is 0 Å². The first-order valence-corrected chi connectivity index (χ1v) is 3.18. The number of carbonyl (C=O) groups is 2. The minimum Gasteiger partial charge on any atom is -0.549 e. The van der Waals surface area contributed by atoms with E-state index >= 15 is 0 Å². The van der Waals surface area contributed by atoms with E-state index in [1.807, 2.05) is 0 Å². The Morgan fingerprint density at radius 3 is 1.23 bits per heavy atom. The Hall–Kier alpha value is 0.135. The molecule has 0 atom stereocenters. The first kappa shape index (κ1) is 18.8. The third kappa shape index (κ3) is 6.24. The van der Waals surface area contributed by atoms with Crippen molar-refractivity contribution in [2.75, 3.05) is 0 Å². The molecule has 0 saturated heterocycles. The van der Waals surface area contributed by atoms with Gasteiger partial charge in [-0.05, 0) is 5.41 Å². The maximum atomic E-state index is 10.3. The molecule has 0 aliphatic rings. The molecular formula is C7H10Li2O4. The van der Waals surface area contributed by atoms with Crippen molar-refractivity contribution in [3.63, 3.8) is 0 Å². The standard InChI is InChI=1S/C7H12O4.2Li/c1-7(2,3)4(5(8)9)6(10)11;;/h4H,1-3H3,(H,8,9)(H,10,11);;/q;2*+1/p-2. The molecule has 0 bridgehead atoms. The van der Waals surface area contributed by atoms with Crippen LogP contribution in [-0.4, -0.2) is 11.9 Å². The van der Waals surface area contributed by atoms with Crippen LogP contribution in [0.25, 0.3) is 0 Å². The second kappa shape index (κ2) is 6.57. The first-order chi connectivity index (χ1) is 4.76. The van der Waals surface area contributed by atoms with E-state index in [9.17, 15) is 19.8 Å². The minimum absolute atomic E-state index is 0. The van der Waals surface area contributed by atoms with Gasteiger partial charge < -0.3 is 19.8 Å². The molecule has 6 heteroatoms. The summed E-state index contributed by atoms with van der Waals surface area (Å²) in [6.45, 7) is 4.51. The number of hydrogen-bond acceptors (Lipinski definition) is 4. The molecule has 13 heavy (non-hydrogen) atoms. The van der Waals surface area contributed by atoms with Crippen molar-refractivity contribution in [2.24, 2.45) is 11.3 Å². The third-order valence-electron chi connectivity index (χ3n) is 1.34. The van der Waals surface area contributed by atoms with Crippen LogP contribution in [0.3, 0.4) is 0 Å². The second-order valence-electron chi connectivity index (χ2n) is 3.44. The summed E-state index contributed by atoms with van der Waals surface area (Å²) in [5.74, 6) is -4.75. The van der Waals surface area contributed by atoms with Crippen molar-refractivity contribution >= 4 is 11.9 Å². The fourth-order valence-corrected chi connectivity index (χ4v) is 0.803. The predicted molar refractivity (Wildman–Crippen MR) is 33.0 cm³/mol. The van der Waals surface area contributed by atoms with Crippen LogP contribution in [0, 0.1) is 11.3 Å². The van der Waals surface area contributed by atoms with Crippen LogP contribution >= 0.6 is 0 Å². The smallest absolute Gasteiger partial charge is 0.549 e. The Morgan fingerprint density at radius 2 is 1.23 bits per heavy atom. The number of hydrogen-bond donors (Lipinski definition) is 0. The largest absolute Gasteiger partial charge is 1.00 e. The van der Waals surface area contributed by atoms with Gasteiger partial charge in [-0.25, -0.2) is 0 Å². The fraction of sp³-hybridized carbons (Fsp3) is 0.714. The molecule has 0 fully saturated rings. The van der Waals surface area contributed by atoms with Crippen LogP contribution in [0.5, 0.6) is 0 Å². The second-order valence-corrected chi connectivity index (χ2v) is 3.44. The van der Waals surface area contributed by atoms with Crippen LogP contribution in [0.1, 0.15) is 20.8 Å². The molecule has 0 spiro atoms. The van der Waals surface area contributed by atoms with Gasteiger partial charge in [-0.3, -0.25) is 0 Å². The van der Waals surface area contributed by atoms with Crippen LogP contribution in [0.15, 0.2) is 0 Å². The monoisotopic (exact) mass is 172 g/mol. The van der Waals surface area contributed by atoms with E-state index in [-0.39, 0.29) is 37.7 Å². The van der Waals surface area contributed by atoms with Crippen LogP contribution in [0.4, 0.5) is 0 Å². The molecule has 64 valence electrons. The summed E-state index contributed by atoms with van der Waals surface area (Å²) in [7, 11) is 0. The van der Waals surface area contributed by atoms with Crippen molar-refractivity contribution in [3.8, 4) is 0 Å². The summed E-state index contributed by atoms with van der Waals surface area (Å²) in [5.41, 5.74) is -0.863. The van der Waals surface area contributed by atoms with Gasteiger partial charge in [0.2, 0.25) is 0 Å². The van der Waals surface area contributed by atoms with Crippen LogP contribution in [-0.2, 0) is 9.59 Å². The molecule has 0 aromatic rings. The van der Waals surface area contributed by atoms with Gasteiger partial charge in [0.05, 0.1) is 11.9 Å². The molecule has 0 amide bonds. The zero-order valence-electron chi connectivity index (χ0n) is 8.71. The summed E-state index contributed by atoms with van der Waals surface area (Å²) in [6.07, 6.45) is 0. The van der Waals surface area contributed by atoms with Crippen LogP contribution in [0.2, 0.25) is 0 Å². The van der Waals surface area contributed by atoms with Gasteiger partial charge in [-0.15, -0.1) is 0 Å². The summed E-state index contributed by atoms with van der Waals surface area (Å²) >= 11 is 0. The normalized spacial score (nSPS) is 9.85. The topological polar surface area (TPSA) is 80.3 Å². The minimum atomic E-state index is -1.60. The van der Waals surface area contributed by atoms with E-state index in [1.54, 1.807) is 0 Å². The maximum Gasteiger partial charge on any atom is 1.00 e. The molecule has 0 aliphatic carbocycles. The molecule has 0 aromatic carbocycles. The molecular weight excluding hydrogens is 162 g/mol. The fourth-order valence-electron chi connectivity index (χ4n) is 0.803. The molecule has 0 unspecified atom stereocenters. The average Bonchev–Trinajstić information content (AvgIpc) is 1.54. The molecule has 0 heterocycles. The number of carboxylic acids is 2. The summed E-state index contributed by atoms with van der Waals surface area (Å²) in [5, 5.41) is 20.5. The first-order valence-electron chi connectivity index (χ1n) is 3.18. The Bertz CT molecular complexity index is 171. The van der Waals surface area contributed by atoms with Gasteiger partial charge in [0.15, 0.2) is 0 Å². The number of carboxylic acid groups (broad SMARTS) is 2. The van der Waals surface area contributed by atoms with E-state index in [1.165, 1.54) is 20.8 Å². The Kier molecular flexibility index (Phi) is 9.51. The van der Waals surface area contributed by atoms with E-state index in [4.69, 9.17) is 0 Å². The molecule has 4 nitrogen and oxygen atoms in total.